The molecule has 0 aliphatic carbocycles. The smallest absolute Gasteiger partial charge is 0.0270 e. The van der Waals surface area contributed by atoms with Crippen LogP contribution in [0, 0.1) is 0 Å². The summed E-state index contributed by atoms with van der Waals surface area (Å²) < 4.78 is 0. The van der Waals surface area contributed by atoms with Crippen molar-refractivity contribution < 1.29 is 0 Å². The maximum absolute atomic E-state index is 5.40. The monoisotopic (exact) mass is 360 g/mol. The molecule has 0 saturated heterocycles. The quantitative estimate of drug-likeness (QED) is 0.443. The Kier molecular flexibility index (Phi) is 18.0. The Hall–Kier alpha value is -1.32. The Morgan fingerprint density at radius 3 is 1.88 bits per heavy atom. The molecule has 0 atom stereocenters. The highest BCUT2D eigenvalue weighted by Crippen LogP contribution is 2.05. The number of nitrogens with zero attached hydrogens (tertiary/aromatic N) is 1. The van der Waals surface area contributed by atoms with Crippen molar-refractivity contribution in [2.45, 2.75) is 58.8 Å². The van der Waals surface area contributed by atoms with Crippen molar-refractivity contribution in [1.29, 1.82) is 0 Å². The number of nitrogens with two attached hydrogens (primary N) is 1. The summed E-state index contributed by atoms with van der Waals surface area (Å²) in [5.41, 5.74) is 8.21. The number of unbranched alkanes of at least 4 members (excludes halogenated alkanes) is 3. The van der Waals surface area contributed by atoms with Crippen LogP contribution in [0.4, 0.5) is 0 Å². The van der Waals surface area contributed by atoms with Crippen LogP contribution < -0.4 is 5.73 Å². The van der Waals surface area contributed by atoms with Gasteiger partial charge in [0.05, 0.1) is 0 Å². The number of hydrogen-bond donors (Lipinski definition) is 2. The van der Waals surface area contributed by atoms with Crippen LogP contribution in [0.5, 0.6) is 0 Å². The van der Waals surface area contributed by atoms with Crippen LogP contribution in [-0.2, 0) is 12.8 Å². The summed E-state index contributed by atoms with van der Waals surface area (Å²) in [6, 6.07) is 14.7. The average Bonchev–Trinajstić information content (AvgIpc) is 2.69. The van der Waals surface area contributed by atoms with E-state index in [-0.39, 0.29) is 0 Å². The second-order valence-electron chi connectivity index (χ2n) is 5.62. The molecule has 0 bridgehead atoms. The van der Waals surface area contributed by atoms with Gasteiger partial charge in [0.2, 0.25) is 0 Å². The standard InChI is InChI=1S/C10H16N2.C10H14S.C2H6/c11-7-3-1-2-4-10-5-8-12-9-6-10;11-9-5-4-8-10-6-2-1-3-7-10;1-2/h5-6,8-9H,1-4,7,11H2;1-3,6-7,11H,4-5,8-9H2;1-2H3. The summed E-state index contributed by atoms with van der Waals surface area (Å²) in [5, 5.41) is 0. The van der Waals surface area contributed by atoms with E-state index in [1.807, 2.05) is 26.2 Å². The maximum Gasteiger partial charge on any atom is 0.0270 e. The first-order chi connectivity index (χ1) is 12.4. The lowest BCUT2D eigenvalue weighted by atomic mass is 10.1. The van der Waals surface area contributed by atoms with Gasteiger partial charge < -0.3 is 5.73 Å². The lowest BCUT2D eigenvalue weighted by Gasteiger charge is -1.99. The van der Waals surface area contributed by atoms with E-state index in [0.717, 1.165) is 25.1 Å². The molecular formula is C22H36N2S. The molecule has 2 nitrogen and oxygen atoms in total. The van der Waals surface area contributed by atoms with E-state index >= 15 is 0 Å². The Morgan fingerprint density at radius 1 is 0.760 bits per heavy atom. The number of pyridine rings is 1. The zero-order valence-corrected chi connectivity index (χ0v) is 16.9. The largest absolute Gasteiger partial charge is 0.330 e. The van der Waals surface area contributed by atoms with Gasteiger partial charge in [-0.3, -0.25) is 4.98 Å². The lowest BCUT2D eigenvalue weighted by molar-refractivity contribution is 0.686. The highest BCUT2D eigenvalue weighted by Gasteiger charge is 1.91. The lowest BCUT2D eigenvalue weighted by Crippen LogP contribution is -1.98. The van der Waals surface area contributed by atoms with E-state index in [4.69, 9.17) is 5.73 Å². The number of benzene rings is 1. The summed E-state index contributed by atoms with van der Waals surface area (Å²) in [7, 11) is 0. The van der Waals surface area contributed by atoms with Crippen LogP contribution in [0.25, 0.3) is 0 Å². The molecule has 2 N–H and O–H groups in total. The van der Waals surface area contributed by atoms with Crippen molar-refractivity contribution in [1.82, 2.24) is 4.98 Å². The first-order valence-electron chi connectivity index (χ1n) is 9.60. The van der Waals surface area contributed by atoms with Crippen LogP contribution in [-0.4, -0.2) is 17.3 Å². The Labute approximate surface area is 160 Å². The summed E-state index contributed by atoms with van der Waals surface area (Å²) in [6.45, 7) is 4.82. The zero-order valence-electron chi connectivity index (χ0n) is 16.0. The molecule has 0 aliphatic rings. The molecule has 2 aromatic rings. The van der Waals surface area contributed by atoms with E-state index < -0.39 is 0 Å². The second kappa shape index (κ2) is 19.0. The molecule has 0 radical (unpaired) electrons. The van der Waals surface area contributed by atoms with E-state index in [2.05, 4.69) is 60.1 Å². The third-order valence-corrected chi connectivity index (χ3v) is 3.95. The molecule has 3 heteroatoms. The van der Waals surface area contributed by atoms with Gasteiger partial charge in [-0.25, -0.2) is 0 Å². The molecule has 0 amide bonds. The fourth-order valence-electron chi connectivity index (χ4n) is 2.29. The van der Waals surface area contributed by atoms with Crippen LogP contribution >= 0.6 is 12.6 Å². The van der Waals surface area contributed by atoms with Crippen LogP contribution in [0.2, 0.25) is 0 Å². The number of aromatic nitrogens is 1. The normalized spacial score (nSPS) is 9.44. The SMILES string of the molecule is CC.NCCCCCc1ccncc1.SCCCCc1ccccc1. The predicted octanol–water partition coefficient (Wildman–Crippen LogP) is 5.72. The zero-order chi connectivity index (χ0) is 18.6. The first-order valence-corrected chi connectivity index (χ1v) is 10.2. The topological polar surface area (TPSA) is 38.9 Å². The Balaban J connectivity index is 0.000000421. The van der Waals surface area contributed by atoms with Gasteiger partial charge in [0, 0.05) is 12.4 Å². The summed E-state index contributed by atoms with van der Waals surface area (Å²) in [6.07, 6.45) is 12.1. The van der Waals surface area contributed by atoms with Crippen molar-refractivity contribution in [3.8, 4) is 0 Å². The molecular weight excluding hydrogens is 324 g/mol. The van der Waals surface area contributed by atoms with Gasteiger partial charge in [0.15, 0.2) is 0 Å². The summed E-state index contributed by atoms with van der Waals surface area (Å²) in [4.78, 5) is 3.97. The number of rotatable bonds is 9. The number of thiol groups is 1. The van der Waals surface area contributed by atoms with E-state index in [9.17, 15) is 0 Å². The van der Waals surface area contributed by atoms with Gasteiger partial charge in [-0.1, -0.05) is 50.6 Å². The average molecular weight is 361 g/mol. The van der Waals surface area contributed by atoms with Crippen LogP contribution in [0.3, 0.4) is 0 Å². The minimum atomic E-state index is 0.816. The molecule has 1 heterocycles. The van der Waals surface area contributed by atoms with E-state index in [0.29, 0.717) is 0 Å². The minimum absolute atomic E-state index is 0.816. The van der Waals surface area contributed by atoms with Gasteiger partial charge in [-0.15, -0.1) is 0 Å². The van der Waals surface area contributed by atoms with Crippen LogP contribution in [0.15, 0.2) is 54.9 Å². The molecule has 2 rings (SSSR count). The molecule has 1 aromatic carbocycles. The second-order valence-corrected chi connectivity index (χ2v) is 6.07. The van der Waals surface area contributed by atoms with Crippen molar-refractivity contribution >= 4 is 12.6 Å². The minimum Gasteiger partial charge on any atom is -0.330 e. The van der Waals surface area contributed by atoms with Gasteiger partial charge in [0.1, 0.15) is 0 Å². The highest BCUT2D eigenvalue weighted by molar-refractivity contribution is 7.80. The fraction of sp³-hybridized carbons (Fsp3) is 0.500. The van der Waals surface area contributed by atoms with Gasteiger partial charge >= 0.3 is 0 Å². The summed E-state index contributed by atoms with van der Waals surface area (Å²) >= 11 is 4.17. The molecule has 1 aromatic heterocycles. The molecule has 0 spiro atoms. The third kappa shape index (κ3) is 14.7. The third-order valence-electron chi connectivity index (χ3n) is 3.64. The molecule has 0 unspecified atom stereocenters. The Morgan fingerprint density at radius 2 is 1.32 bits per heavy atom. The molecule has 140 valence electrons. The number of hydrogen-bond acceptors (Lipinski definition) is 3. The van der Waals surface area contributed by atoms with Gasteiger partial charge in [-0.2, -0.15) is 12.6 Å². The van der Waals surface area contributed by atoms with Gasteiger partial charge in [-0.05, 0) is 74.1 Å². The van der Waals surface area contributed by atoms with Crippen molar-refractivity contribution in [3.05, 3.63) is 66.0 Å². The number of aryl methyl sites for hydroxylation is 2. The highest BCUT2D eigenvalue weighted by atomic mass is 32.1. The van der Waals surface area contributed by atoms with E-state index in [1.54, 1.807) is 0 Å². The molecule has 0 fully saturated rings. The summed E-state index contributed by atoms with van der Waals surface area (Å²) in [5.74, 6) is 1.01. The maximum atomic E-state index is 5.40. The van der Waals surface area contributed by atoms with Gasteiger partial charge in [0.25, 0.3) is 0 Å². The molecule has 0 saturated carbocycles. The van der Waals surface area contributed by atoms with Crippen LogP contribution in [0.1, 0.15) is 57.1 Å². The van der Waals surface area contributed by atoms with Crippen molar-refractivity contribution in [3.63, 3.8) is 0 Å². The molecule has 25 heavy (non-hydrogen) atoms. The molecule has 0 aliphatic heterocycles. The Bertz CT molecular complexity index is 474. The first kappa shape index (κ1) is 23.7. The van der Waals surface area contributed by atoms with E-state index in [1.165, 1.54) is 43.2 Å². The fourth-order valence-corrected chi connectivity index (χ4v) is 2.51. The van der Waals surface area contributed by atoms with Crippen molar-refractivity contribution in [2.24, 2.45) is 5.73 Å². The van der Waals surface area contributed by atoms with Crippen molar-refractivity contribution in [2.75, 3.05) is 12.3 Å². The predicted molar refractivity (Wildman–Crippen MR) is 115 cm³/mol.